The first-order valence-electron chi connectivity index (χ1n) is 7.21. The molecule has 0 unspecified atom stereocenters. The molecule has 1 fully saturated rings. The van der Waals surface area contributed by atoms with Crippen molar-refractivity contribution in [3.8, 4) is 17.5 Å². The fourth-order valence-electron chi connectivity index (χ4n) is 2.54. The van der Waals surface area contributed by atoms with Crippen LogP contribution < -0.4 is 10.2 Å². The predicted molar refractivity (Wildman–Crippen MR) is 86.6 cm³/mol. The maximum atomic E-state index is 12.5. The number of nitriles is 1. The maximum Gasteiger partial charge on any atom is 0.246 e. The summed E-state index contributed by atoms with van der Waals surface area (Å²) < 4.78 is 0. The Labute approximate surface area is 138 Å². The van der Waals surface area contributed by atoms with Crippen molar-refractivity contribution in [3.05, 3.63) is 41.7 Å². The highest BCUT2D eigenvalue weighted by Crippen LogP contribution is 2.24. The van der Waals surface area contributed by atoms with E-state index >= 15 is 0 Å². The summed E-state index contributed by atoms with van der Waals surface area (Å²) in [4.78, 5) is 21.8. The van der Waals surface area contributed by atoms with E-state index in [2.05, 4.69) is 15.3 Å². The molecule has 0 bridgehead atoms. The van der Waals surface area contributed by atoms with Gasteiger partial charge in [-0.15, -0.1) is 0 Å². The molecule has 1 aliphatic heterocycles. The number of benzene rings is 1. The molecule has 3 rings (SSSR count). The van der Waals surface area contributed by atoms with Crippen molar-refractivity contribution in [1.82, 2.24) is 15.3 Å². The SMILES string of the molecule is N#CN(C(=O)[C@H]1CCNC1)c1cc(-c2cccc(Cl)c2)ncn1. The summed E-state index contributed by atoms with van der Waals surface area (Å²) >= 11 is 5.99. The first-order valence-corrected chi connectivity index (χ1v) is 7.59. The van der Waals surface area contributed by atoms with E-state index in [1.54, 1.807) is 18.2 Å². The highest BCUT2D eigenvalue weighted by atomic mass is 35.5. The van der Waals surface area contributed by atoms with Gasteiger partial charge in [-0.05, 0) is 25.1 Å². The zero-order chi connectivity index (χ0) is 16.2. The molecule has 1 aromatic heterocycles. The Morgan fingerprint density at radius 1 is 1.39 bits per heavy atom. The standard InChI is InChI=1S/C16H14ClN5O/c17-13-3-1-2-11(6-13)14-7-15(21-10-20-14)22(9-18)16(23)12-4-5-19-8-12/h1-3,6-7,10,12,19H,4-5,8H2/t12-/m0/s1. The Morgan fingerprint density at radius 2 is 2.26 bits per heavy atom. The molecule has 1 aromatic carbocycles. The van der Waals surface area contributed by atoms with E-state index in [0.717, 1.165) is 23.4 Å². The van der Waals surface area contributed by atoms with Gasteiger partial charge in [0, 0.05) is 23.2 Å². The molecule has 0 saturated carbocycles. The van der Waals surface area contributed by atoms with Gasteiger partial charge >= 0.3 is 0 Å². The largest absolute Gasteiger partial charge is 0.316 e. The molecule has 0 aliphatic carbocycles. The van der Waals surface area contributed by atoms with Gasteiger partial charge < -0.3 is 5.32 Å². The van der Waals surface area contributed by atoms with Crippen molar-refractivity contribution in [2.45, 2.75) is 6.42 Å². The molecule has 1 atom stereocenters. The third kappa shape index (κ3) is 3.31. The number of anilines is 1. The highest BCUT2D eigenvalue weighted by molar-refractivity contribution is 6.30. The summed E-state index contributed by atoms with van der Waals surface area (Å²) in [7, 11) is 0. The van der Waals surface area contributed by atoms with Gasteiger partial charge in [0.15, 0.2) is 12.0 Å². The average Bonchev–Trinajstić information content (AvgIpc) is 3.10. The zero-order valence-electron chi connectivity index (χ0n) is 12.2. The molecule has 23 heavy (non-hydrogen) atoms. The van der Waals surface area contributed by atoms with Gasteiger partial charge in [0.2, 0.25) is 5.91 Å². The van der Waals surface area contributed by atoms with Gasteiger partial charge in [-0.3, -0.25) is 4.79 Å². The minimum Gasteiger partial charge on any atom is -0.316 e. The van der Waals surface area contributed by atoms with Crippen molar-refractivity contribution >= 4 is 23.3 Å². The summed E-state index contributed by atoms with van der Waals surface area (Å²) in [5, 5.41) is 13.1. The van der Waals surface area contributed by atoms with E-state index in [1.165, 1.54) is 6.33 Å². The van der Waals surface area contributed by atoms with Crippen LogP contribution in [-0.2, 0) is 4.79 Å². The molecule has 1 aliphatic rings. The molecule has 2 aromatic rings. The molecular formula is C16H14ClN5O. The van der Waals surface area contributed by atoms with Gasteiger partial charge in [-0.2, -0.15) is 10.2 Å². The Bertz CT molecular complexity index is 767. The minimum absolute atomic E-state index is 0.195. The number of hydrogen-bond donors (Lipinski definition) is 1. The number of rotatable bonds is 3. The Morgan fingerprint density at radius 3 is 2.96 bits per heavy atom. The van der Waals surface area contributed by atoms with Crippen LogP contribution in [0.1, 0.15) is 6.42 Å². The second-order valence-electron chi connectivity index (χ2n) is 5.24. The molecule has 7 heteroatoms. The zero-order valence-corrected chi connectivity index (χ0v) is 13.0. The van der Waals surface area contributed by atoms with Gasteiger partial charge in [0.05, 0.1) is 11.6 Å². The lowest BCUT2D eigenvalue weighted by Gasteiger charge is -2.16. The lowest BCUT2D eigenvalue weighted by Crippen LogP contribution is -2.34. The number of nitrogens with zero attached hydrogens (tertiary/aromatic N) is 4. The number of carbonyl (C=O) groups is 1. The summed E-state index contributed by atoms with van der Waals surface area (Å²) in [6, 6.07) is 8.84. The molecular weight excluding hydrogens is 314 g/mol. The molecule has 6 nitrogen and oxygen atoms in total. The van der Waals surface area contributed by atoms with E-state index in [9.17, 15) is 10.1 Å². The number of hydrogen-bond acceptors (Lipinski definition) is 5. The van der Waals surface area contributed by atoms with Gasteiger partial charge in [0.1, 0.15) is 6.33 Å². The van der Waals surface area contributed by atoms with Crippen molar-refractivity contribution < 1.29 is 4.79 Å². The van der Waals surface area contributed by atoms with Crippen molar-refractivity contribution in [2.75, 3.05) is 18.0 Å². The summed E-state index contributed by atoms with van der Waals surface area (Å²) in [6.45, 7) is 1.37. The van der Waals surface area contributed by atoms with Crippen LogP contribution in [0.15, 0.2) is 36.7 Å². The Hall–Kier alpha value is -2.49. The molecule has 1 saturated heterocycles. The second-order valence-corrected chi connectivity index (χ2v) is 5.67. The number of halogens is 1. The van der Waals surface area contributed by atoms with Crippen LogP contribution in [0.4, 0.5) is 5.82 Å². The first kappa shape index (κ1) is 15.4. The fraction of sp³-hybridized carbons (Fsp3) is 0.250. The molecule has 2 heterocycles. The smallest absolute Gasteiger partial charge is 0.246 e. The number of aromatic nitrogens is 2. The minimum atomic E-state index is -0.242. The number of amides is 1. The van der Waals surface area contributed by atoms with E-state index in [-0.39, 0.29) is 17.6 Å². The second kappa shape index (κ2) is 6.73. The quantitative estimate of drug-likeness (QED) is 0.690. The van der Waals surface area contributed by atoms with E-state index in [1.807, 2.05) is 18.3 Å². The van der Waals surface area contributed by atoms with E-state index in [0.29, 0.717) is 17.3 Å². The highest BCUT2D eigenvalue weighted by Gasteiger charge is 2.29. The topological polar surface area (TPSA) is 81.9 Å². The average molecular weight is 328 g/mol. The molecule has 0 radical (unpaired) electrons. The molecule has 116 valence electrons. The van der Waals surface area contributed by atoms with Crippen molar-refractivity contribution in [1.29, 1.82) is 5.26 Å². The predicted octanol–water partition coefficient (Wildman–Crippen LogP) is 2.22. The fourth-order valence-corrected chi connectivity index (χ4v) is 2.73. The maximum absolute atomic E-state index is 12.5. The molecule has 1 amide bonds. The lowest BCUT2D eigenvalue weighted by atomic mass is 10.1. The molecule has 0 spiro atoms. The monoisotopic (exact) mass is 327 g/mol. The Kier molecular flexibility index (Phi) is 4.51. The third-order valence-electron chi connectivity index (χ3n) is 3.73. The molecule has 1 N–H and O–H groups in total. The summed E-state index contributed by atoms with van der Waals surface area (Å²) in [6.07, 6.45) is 3.99. The van der Waals surface area contributed by atoms with E-state index in [4.69, 9.17) is 11.6 Å². The van der Waals surface area contributed by atoms with Gasteiger partial charge in [-0.25, -0.2) is 9.97 Å². The first-order chi connectivity index (χ1) is 11.2. The van der Waals surface area contributed by atoms with Gasteiger partial charge in [0.25, 0.3) is 0 Å². The normalized spacial score (nSPS) is 16.8. The van der Waals surface area contributed by atoms with Crippen LogP contribution in [0.3, 0.4) is 0 Å². The van der Waals surface area contributed by atoms with E-state index < -0.39 is 0 Å². The van der Waals surface area contributed by atoms with Crippen LogP contribution >= 0.6 is 11.6 Å². The van der Waals surface area contributed by atoms with Crippen molar-refractivity contribution in [2.24, 2.45) is 5.92 Å². The van der Waals surface area contributed by atoms with Crippen LogP contribution in [0.2, 0.25) is 5.02 Å². The van der Waals surface area contributed by atoms with Crippen LogP contribution in [0, 0.1) is 17.4 Å². The summed E-state index contributed by atoms with van der Waals surface area (Å²) in [5.41, 5.74) is 1.41. The van der Waals surface area contributed by atoms with Crippen LogP contribution in [-0.4, -0.2) is 29.0 Å². The van der Waals surface area contributed by atoms with Crippen LogP contribution in [0.5, 0.6) is 0 Å². The number of carbonyl (C=O) groups excluding carboxylic acids is 1. The lowest BCUT2D eigenvalue weighted by molar-refractivity contribution is -0.121. The summed E-state index contributed by atoms with van der Waals surface area (Å²) in [5.74, 6) is -0.165. The number of nitrogens with one attached hydrogen (secondary N) is 1. The van der Waals surface area contributed by atoms with Gasteiger partial charge in [-0.1, -0.05) is 23.7 Å². The van der Waals surface area contributed by atoms with Crippen molar-refractivity contribution in [3.63, 3.8) is 0 Å². The van der Waals surface area contributed by atoms with Crippen LogP contribution in [0.25, 0.3) is 11.3 Å². The third-order valence-corrected chi connectivity index (χ3v) is 3.97. The Balaban J connectivity index is 1.91.